The zero-order chi connectivity index (χ0) is 20.9. The van der Waals surface area contributed by atoms with Crippen molar-refractivity contribution in [1.82, 2.24) is 0 Å². The van der Waals surface area contributed by atoms with E-state index in [-0.39, 0.29) is 11.4 Å². The van der Waals surface area contributed by atoms with Crippen molar-refractivity contribution in [3.05, 3.63) is 12.2 Å². The van der Waals surface area contributed by atoms with Crippen molar-refractivity contribution in [3.63, 3.8) is 0 Å². The number of rotatable bonds is 19. The molecule has 0 saturated heterocycles. The Hall–Kier alpha value is -0.830. The molecule has 3 heteroatoms. The number of hydrogen-bond acceptors (Lipinski definition) is 3. The summed E-state index contributed by atoms with van der Waals surface area (Å²) in [4.78, 5) is 11.7. The number of esters is 1. The van der Waals surface area contributed by atoms with Gasteiger partial charge in [0.15, 0.2) is 0 Å². The predicted octanol–water partition coefficient (Wildman–Crippen LogP) is 7.63. The van der Waals surface area contributed by atoms with E-state index in [4.69, 9.17) is 9.47 Å². The van der Waals surface area contributed by atoms with E-state index in [1.165, 1.54) is 70.6 Å². The quantitative estimate of drug-likeness (QED) is 0.128. The lowest BCUT2D eigenvalue weighted by Gasteiger charge is -2.17. The molecular weight excluding hydrogens is 348 g/mol. The summed E-state index contributed by atoms with van der Waals surface area (Å²) in [6.07, 6.45) is 21.8. The Balaban J connectivity index is 3.25. The summed E-state index contributed by atoms with van der Waals surface area (Å²) in [7, 11) is 0. The first kappa shape index (κ1) is 27.2. The van der Waals surface area contributed by atoms with Crippen molar-refractivity contribution < 1.29 is 14.3 Å². The van der Waals surface area contributed by atoms with Crippen LogP contribution < -0.4 is 0 Å². The first-order valence-corrected chi connectivity index (χ1v) is 11.8. The van der Waals surface area contributed by atoms with Gasteiger partial charge in [0.25, 0.3) is 0 Å². The topological polar surface area (TPSA) is 35.5 Å². The van der Waals surface area contributed by atoms with E-state index in [9.17, 15) is 4.79 Å². The molecule has 0 atom stereocenters. The van der Waals surface area contributed by atoms with Gasteiger partial charge in [-0.3, -0.25) is 4.79 Å². The fourth-order valence-electron chi connectivity index (χ4n) is 3.01. The Bertz CT molecular complexity index is 368. The summed E-state index contributed by atoms with van der Waals surface area (Å²) in [5.41, 5.74) is 0.160. The van der Waals surface area contributed by atoms with Crippen molar-refractivity contribution in [3.8, 4) is 0 Å². The van der Waals surface area contributed by atoms with E-state index in [0.717, 1.165) is 12.8 Å². The zero-order valence-electron chi connectivity index (χ0n) is 19.4. The highest BCUT2D eigenvalue weighted by Crippen LogP contribution is 2.13. The second kappa shape index (κ2) is 19.5. The molecule has 3 nitrogen and oxygen atoms in total. The third kappa shape index (κ3) is 23.2. The highest BCUT2D eigenvalue weighted by molar-refractivity contribution is 5.69. The van der Waals surface area contributed by atoms with Crippen LogP contribution >= 0.6 is 0 Å². The van der Waals surface area contributed by atoms with Gasteiger partial charge in [-0.15, -0.1) is 0 Å². The molecule has 0 unspecified atom stereocenters. The Morgan fingerprint density at radius 3 is 1.86 bits per heavy atom. The molecule has 0 N–H and O–H groups in total. The third-order valence-corrected chi connectivity index (χ3v) is 4.67. The maximum atomic E-state index is 11.7. The lowest BCUT2D eigenvalue weighted by molar-refractivity contribution is -0.145. The molecule has 0 saturated carbocycles. The molecule has 166 valence electrons. The van der Waals surface area contributed by atoms with Crippen molar-refractivity contribution in [2.45, 2.75) is 118 Å². The van der Waals surface area contributed by atoms with Crippen molar-refractivity contribution in [2.24, 2.45) is 5.41 Å². The molecule has 0 fully saturated rings. The Morgan fingerprint density at radius 2 is 1.29 bits per heavy atom. The van der Waals surface area contributed by atoms with Crippen LogP contribution in [0.25, 0.3) is 0 Å². The van der Waals surface area contributed by atoms with E-state index in [2.05, 4.69) is 39.8 Å². The first-order chi connectivity index (χ1) is 13.5. The Labute approximate surface area is 175 Å². The predicted molar refractivity (Wildman–Crippen MR) is 121 cm³/mol. The van der Waals surface area contributed by atoms with E-state index in [1.807, 2.05) is 0 Å². The minimum atomic E-state index is -0.0861. The molecule has 0 aromatic carbocycles. The van der Waals surface area contributed by atoms with Crippen molar-refractivity contribution in [2.75, 3.05) is 19.8 Å². The van der Waals surface area contributed by atoms with E-state index < -0.39 is 0 Å². The van der Waals surface area contributed by atoms with E-state index in [0.29, 0.717) is 26.2 Å². The molecule has 0 aromatic heterocycles. The van der Waals surface area contributed by atoms with Gasteiger partial charge in [-0.1, -0.05) is 91.2 Å². The highest BCUT2D eigenvalue weighted by atomic mass is 16.6. The second-order valence-electron chi connectivity index (χ2n) is 9.17. The van der Waals surface area contributed by atoms with Crippen LogP contribution in [0.2, 0.25) is 0 Å². The number of carbonyl (C=O) groups is 1. The Morgan fingerprint density at radius 1 is 0.750 bits per heavy atom. The molecule has 0 aliphatic rings. The van der Waals surface area contributed by atoms with Gasteiger partial charge in [-0.05, 0) is 37.5 Å². The number of allylic oxidation sites excluding steroid dienone is 2. The number of carbonyl (C=O) groups excluding carboxylic acids is 1. The minimum absolute atomic E-state index is 0.0861. The van der Waals surface area contributed by atoms with E-state index in [1.54, 1.807) is 0 Å². The van der Waals surface area contributed by atoms with Crippen LogP contribution in [0.1, 0.15) is 118 Å². The summed E-state index contributed by atoms with van der Waals surface area (Å²) in [6, 6.07) is 0. The summed E-state index contributed by atoms with van der Waals surface area (Å²) in [6.45, 7) is 10.2. The molecule has 0 radical (unpaired) electrons. The van der Waals surface area contributed by atoms with Gasteiger partial charge in [-0.2, -0.15) is 0 Å². The smallest absolute Gasteiger partial charge is 0.305 e. The van der Waals surface area contributed by atoms with Crippen molar-refractivity contribution >= 4 is 5.97 Å². The van der Waals surface area contributed by atoms with E-state index >= 15 is 0 Å². The molecule has 0 aromatic rings. The molecule has 0 aliphatic carbocycles. The molecule has 0 heterocycles. The first-order valence-electron chi connectivity index (χ1n) is 11.8. The molecule has 28 heavy (non-hydrogen) atoms. The fraction of sp³-hybridized carbons (Fsp3) is 0.880. The third-order valence-electron chi connectivity index (χ3n) is 4.67. The highest BCUT2D eigenvalue weighted by Gasteiger charge is 2.10. The van der Waals surface area contributed by atoms with Gasteiger partial charge in [0.05, 0.1) is 13.2 Å². The van der Waals surface area contributed by atoms with Crippen LogP contribution in [-0.4, -0.2) is 25.8 Å². The van der Waals surface area contributed by atoms with Crippen LogP contribution in [0, 0.1) is 5.41 Å². The zero-order valence-corrected chi connectivity index (χ0v) is 19.4. The minimum Gasteiger partial charge on any atom is -0.463 e. The Kier molecular flexibility index (Phi) is 18.9. The monoisotopic (exact) mass is 396 g/mol. The van der Waals surface area contributed by atoms with Crippen LogP contribution in [0.4, 0.5) is 0 Å². The second-order valence-corrected chi connectivity index (χ2v) is 9.17. The van der Waals surface area contributed by atoms with Crippen LogP contribution in [0.5, 0.6) is 0 Å². The molecule has 0 spiro atoms. The maximum Gasteiger partial charge on any atom is 0.305 e. The van der Waals surface area contributed by atoms with Crippen molar-refractivity contribution in [1.29, 1.82) is 0 Å². The van der Waals surface area contributed by atoms with Crippen LogP contribution in [0.15, 0.2) is 12.2 Å². The average Bonchev–Trinajstić information content (AvgIpc) is 2.63. The molecular formula is C25H48O3. The number of ether oxygens (including phenoxy) is 2. The summed E-state index contributed by atoms with van der Waals surface area (Å²) < 4.78 is 10.7. The fourth-order valence-corrected chi connectivity index (χ4v) is 3.01. The molecule has 0 amide bonds. The number of unbranched alkanes of at least 4 members (excludes halogenated alkanes) is 11. The van der Waals surface area contributed by atoms with Crippen LogP contribution in [0.3, 0.4) is 0 Å². The lowest BCUT2D eigenvalue weighted by atomic mass is 9.99. The standard InChI is InChI=1S/C25H48O3/c1-5-6-7-8-9-10-11-12-13-14-15-16-17-18-19-20-24(26)28-22-21-27-23-25(2,3)4/h12-13H,5-11,14-23H2,1-4H3/b13-12-. The van der Waals surface area contributed by atoms with Gasteiger partial charge >= 0.3 is 5.97 Å². The molecule has 0 bridgehead atoms. The molecule has 0 aliphatic heterocycles. The van der Waals surface area contributed by atoms with Gasteiger partial charge in [0, 0.05) is 6.42 Å². The lowest BCUT2D eigenvalue weighted by Crippen LogP contribution is -2.18. The van der Waals surface area contributed by atoms with Gasteiger partial charge < -0.3 is 9.47 Å². The SMILES string of the molecule is CCCCCCCC/C=C\CCCCCCCC(=O)OCCOCC(C)(C)C. The number of hydrogen-bond donors (Lipinski definition) is 0. The molecule has 0 rings (SSSR count). The summed E-state index contributed by atoms with van der Waals surface area (Å²) in [5.74, 6) is -0.0861. The van der Waals surface area contributed by atoms with Crippen LogP contribution in [-0.2, 0) is 14.3 Å². The average molecular weight is 397 g/mol. The normalized spacial score (nSPS) is 12.0. The summed E-state index contributed by atoms with van der Waals surface area (Å²) >= 11 is 0. The largest absolute Gasteiger partial charge is 0.463 e. The van der Waals surface area contributed by atoms with Gasteiger partial charge in [-0.25, -0.2) is 0 Å². The van der Waals surface area contributed by atoms with Gasteiger partial charge in [0.1, 0.15) is 6.61 Å². The summed E-state index contributed by atoms with van der Waals surface area (Å²) in [5, 5.41) is 0. The van der Waals surface area contributed by atoms with Gasteiger partial charge in [0.2, 0.25) is 0 Å². The maximum absolute atomic E-state index is 11.7.